The lowest BCUT2D eigenvalue weighted by molar-refractivity contribution is -0.121. The van der Waals surface area contributed by atoms with Gasteiger partial charge in [0.1, 0.15) is 11.8 Å². The van der Waals surface area contributed by atoms with Crippen LogP contribution in [0.25, 0.3) is 0 Å². The zero-order valence-electron chi connectivity index (χ0n) is 14.6. The summed E-state index contributed by atoms with van der Waals surface area (Å²) in [5, 5.41) is 0.466. The normalized spacial score (nSPS) is 21.4. The molecule has 0 aromatic heterocycles. The molecule has 134 valence electrons. The lowest BCUT2D eigenvalue weighted by Gasteiger charge is -2.34. The minimum Gasteiger partial charge on any atom is -0.495 e. The minimum absolute atomic E-state index is 0.0219. The molecule has 0 saturated carbocycles. The molecular formula is C20H19ClN2O3. The second-order valence-electron chi connectivity index (χ2n) is 6.76. The van der Waals surface area contributed by atoms with Crippen molar-refractivity contribution in [1.82, 2.24) is 4.90 Å². The summed E-state index contributed by atoms with van der Waals surface area (Å²) in [6, 6.07) is 12.3. The first-order chi connectivity index (χ1) is 12.5. The standard InChI is InChI=1S/C20H19ClN2O3/c1-12-3-5-13(6-4-12)19(24)22-11-15-10-17(22)20(25)23(15)14-7-8-18(26-2)16(21)9-14/h3-9,15,17H,10-11H2,1-2H3/t15-,17-/m0/s1. The fraction of sp³-hybridized carbons (Fsp3) is 0.300. The van der Waals surface area contributed by atoms with Crippen molar-refractivity contribution in [3.05, 3.63) is 58.6 Å². The number of aryl methyl sites for hydroxylation is 1. The van der Waals surface area contributed by atoms with Gasteiger partial charge in [-0.3, -0.25) is 9.59 Å². The van der Waals surface area contributed by atoms with Gasteiger partial charge in [-0.05, 0) is 43.7 Å². The van der Waals surface area contributed by atoms with E-state index in [1.807, 2.05) is 37.3 Å². The number of anilines is 1. The van der Waals surface area contributed by atoms with E-state index in [9.17, 15) is 9.59 Å². The Morgan fingerprint density at radius 1 is 1.19 bits per heavy atom. The quantitative estimate of drug-likeness (QED) is 0.833. The van der Waals surface area contributed by atoms with E-state index in [0.717, 1.165) is 11.3 Å². The van der Waals surface area contributed by atoms with Gasteiger partial charge in [0.15, 0.2) is 0 Å². The molecule has 0 spiro atoms. The summed E-state index contributed by atoms with van der Waals surface area (Å²) in [7, 11) is 1.55. The van der Waals surface area contributed by atoms with Gasteiger partial charge in [-0.25, -0.2) is 0 Å². The molecule has 2 aliphatic rings. The maximum absolute atomic E-state index is 12.9. The van der Waals surface area contributed by atoms with Crippen molar-refractivity contribution >= 4 is 29.1 Å². The lowest BCUT2D eigenvalue weighted by atomic mass is 10.1. The van der Waals surface area contributed by atoms with Crippen LogP contribution < -0.4 is 9.64 Å². The molecule has 2 aromatic carbocycles. The molecule has 0 N–H and O–H groups in total. The van der Waals surface area contributed by atoms with Crippen molar-refractivity contribution in [2.75, 3.05) is 18.6 Å². The van der Waals surface area contributed by atoms with Gasteiger partial charge in [0.25, 0.3) is 5.91 Å². The Labute approximate surface area is 157 Å². The predicted molar refractivity (Wildman–Crippen MR) is 99.9 cm³/mol. The van der Waals surface area contributed by atoms with Crippen LogP contribution in [0, 0.1) is 6.92 Å². The summed E-state index contributed by atoms with van der Waals surface area (Å²) in [6.07, 6.45) is 0.653. The van der Waals surface area contributed by atoms with Crippen LogP contribution in [-0.4, -0.2) is 42.5 Å². The third-order valence-corrected chi connectivity index (χ3v) is 5.43. The largest absolute Gasteiger partial charge is 0.495 e. The van der Waals surface area contributed by atoms with E-state index in [4.69, 9.17) is 16.3 Å². The number of halogens is 1. The molecule has 0 unspecified atom stereocenters. The van der Waals surface area contributed by atoms with E-state index in [0.29, 0.717) is 29.3 Å². The van der Waals surface area contributed by atoms with E-state index in [1.165, 1.54) is 0 Å². The van der Waals surface area contributed by atoms with Gasteiger partial charge in [0.2, 0.25) is 5.91 Å². The molecule has 2 heterocycles. The smallest absolute Gasteiger partial charge is 0.254 e. The van der Waals surface area contributed by atoms with Crippen LogP contribution in [-0.2, 0) is 4.79 Å². The van der Waals surface area contributed by atoms with Gasteiger partial charge in [-0.15, -0.1) is 0 Å². The summed E-state index contributed by atoms with van der Waals surface area (Å²) in [5.74, 6) is 0.435. The number of nitrogens with zero attached hydrogens (tertiary/aromatic N) is 2. The van der Waals surface area contributed by atoms with Crippen molar-refractivity contribution in [1.29, 1.82) is 0 Å². The number of hydrogen-bond acceptors (Lipinski definition) is 3. The molecule has 5 nitrogen and oxygen atoms in total. The topological polar surface area (TPSA) is 49.9 Å². The molecule has 26 heavy (non-hydrogen) atoms. The van der Waals surface area contributed by atoms with Crippen LogP contribution in [0.5, 0.6) is 5.75 Å². The fourth-order valence-electron chi connectivity index (χ4n) is 3.81. The monoisotopic (exact) mass is 370 g/mol. The number of amides is 2. The van der Waals surface area contributed by atoms with Gasteiger partial charge < -0.3 is 14.5 Å². The average Bonchev–Trinajstić information content (AvgIpc) is 3.20. The second-order valence-corrected chi connectivity index (χ2v) is 7.16. The van der Waals surface area contributed by atoms with Gasteiger partial charge in [0.05, 0.1) is 18.2 Å². The number of ether oxygens (including phenoxy) is 1. The Morgan fingerprint density at radius 2 is 1.92 bits per heavy atom. The van der Waals surface area contributed by atoms with Gasteiger partial charge in [0, 0.05) is 17.8 Å². The first kappa shape index (κ1) is 16.9. The molecule has 2 amide bonds. The number of piperazine rings is 1. The van der Waals surface area contributed by atoms with Crippen LogP contribution in [0.15, 0.2) is 42.5 Å². The van der Waals surface area contributed by atoms with Crippen LogP contribution in [0.2, 0.25) is 5.02 Å². The lowest BCUT2D eigenvalue weighted by Crippen LogP contribution is -2.52. The Kier molecular flexibility index (Phi) is 4.11. The number of benzene rings is 2. The highest BCUT2D eigenvalue weighted by Crippen LogP contribution is 2.38. The molecule has 0 radical (unpaired) electrons. The number of hydrogen-bond donors (Lipinski definition) is 0. The van der Waals surface area contributed by atoms with E-state index >= 15 is 0 Å². The highest BCUT2D eigenvalue weighted by molar-refractivity contribution is 6.32. The predicted octanol–water partition coefficient (Wildman–Crippen LogP) is 3.29. The Balaban J connectivity index is 1.56. The molecule has 0 aliphatic carbocycles. The average molecular weight is 371 g/mol. The molecule has 2 saturated heterocycles. The maximum Gasteiger partial charge on any atom is 0.254 e. The van der Waals surface area contributed by atoms with Crippen LogP contribution in [0.1, 0.15) is 22.3 Å². The van der Waals surface area contributed by atoms with Crippen molar-refractivity contribution in [2.45, 2.75) is 25.4 Å². The number of likely N-dealkylation sites (tertiary alicyclic amines) is 1. The van der Waals surface area contributed by atoms with Gasteiger partial charge in [-0.2, -0.15) is 0 Å². The van der Waals surface area contributed by atoms with Crippen LogP contribution in [0.4, 0.5) is 5.69 Å². The Morgan fingerprint density at radius 3 is 2.54 bits per heavy atom. The molecule has 2 fully saturated rings. The van der Waals surface area contributed by atoms with Gasteiger partial charge in [-0.1, -0.05) is 29.3 Å². The van der Waals surface area contributed by atoms with E-state index in [-0.39, 0.29) is 17.9 Å². The highest BCUT2D eigenvalue weighted by Gasteiger charge is 2.51. The molecule has 6 heteroatoms. The number of fused-ring (bicyclic) bond motifs is 2. The highest BCUT2D eigenvalue weighted by atomic mass is 35.5. The summed E-state index contributed by atoms with van der Waals surface area (Å²) < 4.78 is 5.17. The van der Waals surface area contributed by atoms with E-state index < -0.39 is 6.04 Å². The number of methoxy groups -OCH3 is 1. The Bertz CT molecular complexity index is 881. The first-order valence-electron chi connectivity index (χ1n) is 8.54. The fourth-order valence-corrected chi connectivity index (χ4v) is 4.06. The van der Waals surface area contributed by atoms with Gasteiger partial charge >= 0.3 is 0 Å². The van der Waals surface area contributed by atoms with Crippen molar-refractivity contribution < 1.29 is 14.3 Å². The minimum atomic E-state index is -0.408. The molecule has 2 aromatic rings. The zero-order valence-corrected chi connectivity index (χ0v) is 15.4. The van der Waals surface area contributed by atoms with Crippen LogP contribution >= 0.6 is 11.6 Å². The van der Waals surface area contributed by atoms with Crippen LogP contribution in [0.3, 0.4) is 0 Å². The van der Waals surface area contributed by atoms with Crippen molar-refractivity contribution in [3.8, 4) is 5.75 Å². The summed E-state index contributed by atoms with van der Waals surface area (Å²) >= 11 is 6.20. The number of rotatable bonds is 3. The van der Waals surface area contributed by atoms with E-state index in [1.54, 1.807) is 29.0 Å². The van der Waals surface area contributed by atoms with Crippen molar-refractivity contribution in [2.24, 2.45) is 0 Å². The third-order valence-electron chi connectivity index (χ3n) is 5.14. The van der Waals surface area contributed by atoms with E-state index in [2.05, 4.69) is 0 Å². The first-order valence-corrected chi connectivity index (χ1v) is 8.91. The molecular weight excluding hydrogens is 352 g/mol. The number of carbonyl (C=O) groups excluding carboxylic acids is 2. The molecule has 2 atom stereocenters. The summed E-state index contributed by atoms with van der Waals surface area (Å²) in [4.78, 5) is 29.1. The molecule has 2 bridgehead atoms. The van der Waals surface area contributed by atoms with Crippen molar-refractivity contribution in [3.63, 3.8) is 0 Å². The number of carbonyl (C=O) groups is 2. The Hall–Kier alpha value is -2.53. The SMILES string of the molecule is COc1ccc(N2C(=O)[C@@H]3C[C@H]2CN3C(=O)c2ccc(C)cc2)cc1Cl. The molecule has 2 aliphatic heterocycles. The zero-order chi connectivity index (χ0) is 18.4. The third kappa shape index (κ3) is 2.63. The summed E-state index contributed by atoms with van der Waals surface area (Å²) in [6.45, 7) is 2.51. The summed E-state index contributed by atoms with van der Waals surface area (Å²) in [5.41, 5.74) is 2.47. The second kappa shape index (κ2) is 6.32. The maximum atomic E-state index is 12.9. The molecule has 4 rings (SSSR count).